The Morgan fingerprint density at radius 1 is 0.833 bits per heavy atom. The van der Waals surface area contributed by atoms with Crippen molar-refractivity contribution >= 4 is 33.7 Å². The van der Waals surface area contributed by atoms with Gasteiger partial charge in [0.2, 0.25) is 0 Å². The van der Waals surface area contributed by atoms with E-state index in [9.17, 15) is 0 Å². The van der Waals surface area contributed by atoms with Crippen molar-refractivity contribution in [3.63, 3.8) is 0 Å². The highest BCUT2D eigenvalue weighted by Gasteiger charge is 2.24. The van der Waals surface area contributed by atoms with Gasteiger partial charge in [-0.2, -0.15) is 0 Å². The molecule has 0 aromatic carbocycles. The van der Waals surface area contributed by atoms with Gasteiger partial charge in [-0.1, -0.05) is 46.2 Å². The molecular weight excluding hydrogens is 392 g/mol. The molecule has 4 rings (SSSR count). The van der Waals surface area contributed by atoms with Gasteiger partial charge < -0.3 is 9.13 Å². The summed E-state index contributed by atoms with van der Waals surface area (Å²) in [6.07, 6.45) is 10.2. The van der Waals surface area contributed by atoms with Gasteiger partial charge in [-0.3, -0.25) is 0 Å². The van der Waals surface area contributed by atoms with E-state index in [1.165, 1.54) is 22.1 Å². The summed E-state index contributed by atoms with van der Waals surface area (Å²) in [4.78, 5) is 9.43. The molecule has 0 fully saturated rings. The molecule has 0 aliphatic rings. The first-order valence-corrected chi connectivity index (χ1v) is 10.9. The Kier molecular flexibility index (Phi) is 4.97. The number of aromatic nitrogens is 4. The first kappa shape index (κ1) is 20.9. The van der Waals surface area contributed by atoms with Gasteiger partial charge in [-0.25, -0.2) is 9.97 Å². The van der Waals surface area contributed by atoms with Gasteiger partial charge in [0.25, 0.3) is 0 Å². The third kappa shape index (κ3) is 3.62. The summed E-state index contributed by atoms with van der Waals surface area (Å²) in [6.45, 7) is 11.3. The molecule has 0 aliphatic heterocycles. The smallest absolute Gasteiger partial charge is 0.141 e. The minimum absolute atomic E-state index is 0.0163. The van der Waals surface area contributed by atoms with Crippen LogP contribution in [-0.4, -0.2) is 19.1 Å². The predicted molar refractivity (Wildman–Crippen MR) is 126 cm³/mol. The van der Waals surface area contributed by atoms with Crippen LogP contribution in [0.2, 0.25) is 5.02 Å². The molecule has 4 heterocycles. The summed E-state index contributed by atoms with van der Waals surface area (Å²) in [5.41, 5.74) is 5.89. The van der Waals surface area contributed by atoms with E-state index in [1.54, 1.807) is 0 Å². The quantitative estimate of drug-likeness (QED) is 0.385. The largest absolute Gasteiger partial charge is 0.335 e. The SMILES string of the molecule is Cn1cc(Cl)c2cc(C(C)(C)CCc3cn(C)c4ncc(C(C)(C)C)cc34)cnc21. The molecule has 4 nitrogen and oxygen atoms in total. The molecule has 0 unspecified atom stereocenters. The Hall–Kier alpha value is -2.33. The minimum atomic E-state index is -0.0163. The van der Waals surface area contributed by atoms with Gasteiger partial charge in [-0.15, -0.1) is 0 Å². The molecule has 5 heteroatoms. The lowest BCUT2D eigenvalue weighted by Crippen LogP contribution is -2.18. The monoisotopic (exact) mass is 422 g/mol. The number of aryl methyl sites for hydroxylation is 3. The molecule has 0 saturated heterocycles. The highest BCUT2D eigenvalue weighted by molar-refractivity contribution is 6.35. The lowest BCUT2D eigenvalue weighted by molar-refractivity contribution is 0.479. The summed E-state index contributed by atoms with van der Waals surface area (Å²) < 4.78 is 4.12. The number of pyridine rings is 2. The molecule has 0 aliphatic carbocycles. The van der Waals surface area contributed by atoms with E-state index < -0.39 is 0 Å². The lowest BCUT2D eigenvalue weighted by atomic mass is 9.80. The summed E-state index contributed by atoms with van der Waals surface area (Å²) in [5, 5.41) is 3.04. The van der Waals surface area contributed by atoms with Crippen molar-refractivity contribution in [2.75, 3.05) is 0 Å². The van der Waals surface area contributed by atoms with Crippen LogP contribution < -0.4 is 0 Å². The van der Waals surface area contributed by atoms with Crippen molar-refractivity contribution < 1.29 is 0 Å². The van der Waals surface area contributed by atoms with E-state index in [4.69, 9.17) is 16.6 Å². The Labute approximate surface area is 183 Å². The Morgan fingerprint density at radius 2 is 1.40 bits per heavy atom. The highest BCUT2D eigenvalue weighted by Crippen LogP contribution is 2.34. The van der Waals surface area contributed by atoms with Crippen molar-refractivity contribution in [2.24, 2.45) is 14.1 Å². The third-order valence-electron chi connectivity index (χ3n) is 6.33. The van der Waals surface area contributed by atoms with Crippen LogP contribution in [0.25, 0.3) is 22.1 Å². The standard InChI is InChI=1S/C25H31ClN4/c1-24(2,3)17-10-19-16(14-29(6)22(19)27-12-17)8-9-25(4,5)18-11-20-21(26)15-30(7)23(20)28-13-18/h10-15H,8-9H2,1-7H3. The number of rotatable bonds is 4. The van der Waals surface area contributed by atoms with E-state index in [1.807, 2.05) is 30.2 Å². The zero-order valence-electron chi connectivity index (χ0n) is 19.0. The second-order valence-corrected chi connectivity index (χ2v) is 10.6. The Balaban J connectivity index is 1.65. The van der Waals surface area contributed by atoms with E-state index >= 15 is 0 Å². The van der Waals surface area contributed by atoms with Crippen LogP contribution in [0.3, 0.4) is 0 Å². The molecule has 4 aromatic rings. The van der Waals surface area contributed by atoms with E-state index in [0.717, 1.165) is 34.5 Å². The third-order valence-corrected chi connectivity index (χ3v) is 6.63. The normalized spacial score (nSPS) is 12.9. The number of hydrogen-bond acceptors (Lipinski definition) is 2. The maximum atomic E-state index is 6.42. The van der Waals surface area contributed by atoms with Crippen LogP contribution in [0.4, 0.5) is 0 Å². The van der Waals surface area contributed by atoms with Gasteiger partial charge in [0, 0.05) is 49.7 Å². The van der Waals surface area contributed by atoms with E-state index in [-0.39, 0.29) is 10.8 Å². The van der Waals surface area contributed by atoms with Crippen LogP contribution in [0.1, 0.15) is 57.7 Å². The summed E-state index contributed by atoms with van der Waals surface area (Å²) in [7, 11) is 4.06. The van der Waals surface area contributed by atoms with Crippen LogP contribution in [-0.2, 0) is 31.3 Å². The van der Waals surface area contributed by atoms with E-state index in [2.05, 4.69) is 69.5 Å². The average molecular weight is 423 g/mol. The maximum Gasteiger partial charge on any atom is 0.141 e. The fraction of sp³-hybridized carbons (Fsp3) is 0.440. The molecule has 0 bridgehead atoms. The second kappa shape index (κ2) is 7.12. The molecule has 4 aromatic heterocycles. The first-order chi connectivity index (χ1) is 14.0. The molecule has 0 spiro atoms. The molecule has 0 saturated carbocycles. The van der Waals surface area contributed by atoms with Crippen molar-refractivity contribution in [3.8, 4) is 0 Å². The van der Waals surface area contributed by atoms with Gasteiger partial charge >= 0.3 is 0 Å². The molecule has 0 amide bonds. The zero-order chi connectivity index (χ0) is 21.8. The molecule has 0 N–H and O–H groups in total. The van der Waals surface area contributed by atoms with Crippen molar-refractivity contribution in [3.05, 3.63) is 58.6 Å². The van der Waals surface area contributed by atoms with Crippen LogP contribution in [0.15, 0.2) is 36.9 Å². The average Bonchev–Trinajstić information content (AvgIpc) is 3.15. The molecular formula is C25H31ClN4. The second-order valence-electron chi connectivity index (χ2n) is 10.2. The van der Waals surface area contributed by atoms with Crippen molar-refractivity contribution in [1.29, 1.82) is 0 Å². The molecule has 0 radical (unpaired) electrons. The predicted octanol–water partition coefficient (Wildman–Crippen LogP) is 6.32. The zero-order valence-corrected chi connectivity index (χ0v) is 19.8. The first-order valence-electron chi connectivity index (χ1n) is 10.5. The van der Waals surface area contributed by atoms with Gasteiger partial charge in [0.1, 0.15) is 11.3 Å². The lowest BCUT2D eigenvalue weighted by Gasteiger charge is -2.25. The van der Waals surface area contributed by atoms with Gasteiger partial charge in [0.15, 0.2) is 0 Å². The highest BCUT2D eigenvalue weighted by atomic mass is 35.5. The number of fused-ring (bicyclic) bond motifs is 2. The number of nitrogens with zero attached hydrogens (tertiary/aromatic N) is 4. The number of halogens is 1. The van der Waals surface area contributed by atoms with Gasteiger partial charge in [-0.05, 0) is 52.5 Å². The maximum absolute atomic E-state index is 6.42. The minimum Gasteiger partial charge on any atom is -0.335 e. The topological polar surface area (TPSA) is 35.6 Å². The summed E-state index contributed by atoms with van der Waals surface area (Å²) in [6, 6.07) is 4.52. The van der Waals surface area contributed by atoms with Gasteiger partial charge in [0.05, 0.1) is 5.02 Å². The Bertz CT molecular complexity index is 1240. The van der Waals surface area contributed by atoms with Crippen molar-refractivity contribution in [1.82, 2.24) is 19.1 Å². The Morgan fingerprint density at radius 3 is 2.07 bits per heavy atom. The molecule has 30 heavy (non-hydrogen) atoms. The van der Waals surface area contributed by atoms with Crippen molar-refractivity contribution in [2.45, 2.75) is 58.3 Å². The fourth-order valence-corrected chi connectivity index (χ4v) is 4.41. The van der Waals surface area contributed by atoms with Crippen LogP contribution in [0.5, 0.6) is 0 Å². The summed E-state index contributed by atoms with van der Waals surface area (Å²) in [5.74, 6) is 0. The van der Waals surface area contributed by atoms with Crippen LogP contribution in [0, 0.1) is 0 Å². The summed E-state index contributed by atoms with van der Waals surface area (Å²) >= 11 is 6.42. The fourth-order valence-electron chi connectivity index (χ4n) is 4.13. The van der Waals surface area contributed by atoms with Crippen LogP contribution >= 0.6 is 11.6 Å². The van der Waals surface area contributed by atoms with E-state index in [0.29, 0.717) is 0 Å². The molecule has 0 atom stereocenters. The molecule has 158 valence electrons. The number of hydrogen-bond donors (Lipinski definition) is 0.